The van der Waals surface area contributed by atoms with Crippen LogP contribution in [0.25, 0.3) is 5.69 Å². The van der Waals surface area contributed by atoms with Crippen LogP contribution >= 0.6 is 0 Å². The summed E-state index contributed by atoms with van der Waals surface area (Å²) in [5.74, 6) is 0. The minimum absolute atomic E-state index is 0.0120. The lowest BCUT2D eigenvalue weighted by Crippen LogP contribution is -2.43. The Hall–Kier alpha value is -2.34. The van der Waals surface area contributed by atoms with Gasteiger partial charge in [0, 0.05) is 30.7 Å². The van der Waals surface area contributed by atoms with Crippen LogP contribution in [0.5, 0.6) is 0 Å². The van der Waals surface area contributed by atoms with Crippen molar-refractivity contribution < 1.29 is 9.90 Å². The normalized spacial score (nSPS) is 12.2. The molecule has 0 radical (unpaired) electrons. The summed E-state index contributed by atoms with van der Waals surface area (Å²) in [6, 6.07) is 9.08. The van der Waals surface area contributed by atoms with Crippen LogP contribution < -0.4 is 5.32 Å². The number of rotatable bonds is 5. The van der Waals surface area contributed by atoms with Crippen molar-refractivity contribution in [3.63, 3.8) is 0 Å². The number of carbonyl (C=O) groups excluding carboxylic acids is 1. The summed E-state index contributed by atoms with van der Waals surface area (Å²) in [4.78, 5) is 13.9. The van der Waals surface area contributed by atoms with Crippen LogP contribution in [0.3, 0.4) is 0 Å². The Labute approximate surface area is 130 Å². The second-order valence-corrected chi connectivity index (χ2v) is 5.52. The molecule has 2 N–H and O–H groups in total. The van der Waals surface area contributed by atoms with Crippen molar-refractivity contribution in [1.29, 1.82) is 0 Å². The number of nitrogens with zero attached hydrogens (tertiary/aromatic N) is 3. The second-order valence-electron chi connectivity index (χ2n) is 5.52. The molecule has 2 rings (SSSR count). The number of benzene rings is 1. The molecule has 0 saturated heterocycles. The van der Waals surface area contributed by atoms with Gasteiger partial charge in [-0.2, -0.15) is 5.10 Å². The molecule has 1 unspecified atom stereocenters. The molecule has 1 aromatic heterocycles. The van der Waals surface area contributed by atoms with E-state index in [1.807, 2.05) is 50.4 Å². The van der Waals surface area contributed by atoms with E-state index in [2.05, 4.69) is 10.4 Å². The molecule has 0 spiro atoms. The van der Waals surface area contributed by atoms with E-state index >= 15 is 0 Å². The Bertz CT molecular complexity index is 591. The zero-order chi connectivity index (χ0) is 16.1. The van der Waals surface area contributed by atoms with Gasteiger partial charge in [-0.05, 0) is 51.1 Å². The monoisotopic (exact) mass is 302 g/mol. The third-order valence-electron chi connectivity index (χ3n) is 3.23. The van der Waals surface area contributed by atoms with Gasteiger partial charge in [0.1, 0.15) is 0 Å². The summed E-state index contributed by atoms with van der Waals surface area (Å²) in [7, 11) is 0. The lowest BCUT2D eigenvalue weighted by atomic mass is 10.2. The Morgan fingerprint density at radius 1 is 1.32 bits per heavy atom. The molecule has 0 aliphatic carbocycles. The molecule has 0 fully saturated rings. The number of amides is 2. The van der Waals surface area contributed by atoms with Crippen molar-refractivity contribution >= 4 is 11.7 Å². The van der Waals surface area contributed by atoms with Crippen molar-refractivity contribution in [2.45, 2.75) is 32.9 Å². The largest absolute Gasteiger partial charge is 0.392 e. The van der Waals surface area contributed by atoms with Gasteiger partial charge in [-0.25, -0.2) is 9.48 Å². The molecule has 118 valence electrons. The van der Waals surface area contributed by atoms with E-state index in [0.29, 0.717) is 12.2 Å². The fourth-order valence-electron chi connectivity index (χ4n) is 2.13. The van der Waals surface area contributed by atoms with Gasteiger partial charge in [-0.3, -0.25) is 0 Å². The summed E-state index contributed by atoms with van der Waals surface area (Å²) < 4.78 is 1.75. The molecule has 22 heavy (non-hydrogen) atoms. The lowest BCUT2D eigenvalue weighted by molar-refractivity contribution is 0.125. The number of anilines is 1. The summed E-state index contributed by atoms with van der Waals surface area (Å²) in [6.45, 7) is 5.81. The lowest BCUT2D eigenvalue weighted by Gasteiger charge is -2.28. The maximum Gasteiger partial charge on any atom is 0.322 e. The first-order chi connectivity index (χ1) is 10.5. The topological polar surface area (TPSA) is 70.4 Å². The molecule has 0 aliphatic rings. The van der Waals surface area contributed by atoms with Crippen molar-refractivity contribution in [3.8, 4) is 5.69 Å². The predicted octanol–water partition coefficient (Wildman–Crippen LogP) is 2.50. The van der Waals surface area contributed by atoms with Gasteiger partial charge >= 0.3 is 6.03 Å². The van der Waals surface area contributed by atoms with Gasteiger partial charge in [0.25, 0.3) is 0 Å². The molecular weight excluding hydrogens is 280 g/mol. The summed E-state index contributed by atoms with van der Waals surface area (Å²) in [5, 5.41) is 16.5. The number of hydrogen-bond donors (Lipinski definition) is 2. The van der Waals surface area contributed by atoms with E-state index in [4.69, 9.17) is 0 Å². The summed E-state index contributed by atoms with van der Waals surface area (Å²) >= 11 is 0. The third kappa shape index (κ3) is 4.08. The molecule has 0 aliphatic heterocycles. The van der Waals surface area contributed by atoms with Crippen LogP contribution in [0.4, 0.5) is 10.5 Å². The van der Waals surface area contributed by atoms with E-state index in [1.54, 1.807) is 22.7 Å². The third-order valence-corrected chi connectivity index (χ3v) is 3.23. The molecule has 1 aromatic carbocycles. The molecule has 1 heterocycles. The number of aliphatic hydroxyl groups is 1. The predicted molar refractivity (Wildman–Crippen MR) is 86.1 cm³/mol. The van der Waals surface area contributed by atoms with E-state index in [9.17, 15) is 9.90 Å². The molecule has 6 nitrogen and oxygen atoms in total. The van der Waals surface area contributed by atoms with E-state index in [-0.39, 0.29) is 12.1 Å². The SMILES string of the molecule is CC(O)CN(C(=O)Nc1ccc(-n2cccn2)cc1)C(C)C. The first kappa shape index (κ1) is 16.0. The van der Waals surface area contributed by atoms with Crippen LogP contribution in [0, 0.1) is 0 Å². The quantitative estimate of drug-likeness (QED) is 0.891. The van der Waals surface area contributed by atoms with E-state index in [0.717, 1.165) is 5.69 Å². The van der Waals surface area contributed by atoms with Gasteiger partial charge < -0.3 is 15.3 Å². The van der Waals surface area contributed by atoms with Gasteiger partial charge in [0.2, 0.25) is 0 Å². The first-order valence-corrected chi connectivity index (χ1v) is 7.33. The van der Waals surface area contributed by atoms with Gasteiger partial charge in [-0.1, -0.05) is 0 Å². The van der Waals surface area contributed by atoms with Crippen LogP contribution in [0.15, 0.2) is 42.7 Å². The Balaban J connectivity index is 2.04. The Morgan fingerprint density at radius 2 is 2.00 bits per heavy atom. The Kier molecular flexibility index (Phi) is 5.16. The fraction of sp³-hybridized carbons (Fsp3) is 0.375. The molecule has 2 aromatic rings. The van der Waals surface area contributed by atoms with Crippen molar-refractivity contribution in [3.05, 3.63) is 42.7 Å². The highest BCUT2D eigenvalue weighted by molar-refractivity contribution is 5.89. The Morgan fingerprint density at radius 3 is 2.50 bits per heavy atom. The van der Waals surface area contributed by atoms with Crippen molar-refractivity contribution in [1.82, 2.24) is 14.7 Å². The molecular formula is C16H22N4O2. The number of hydrogen-bond acceptors (Lipinski definition) is 3. The number of nitrogens with one attached hydrogen (secondary N) is 1. The zero-order valence-corrected chi connectivity index (χ0v) is 13.1. The maximum absolute atomic E-state index is 12.3. The van der Waals surface area contributed by atoms with E-state index in [1.165, 1.54) is 0 Å². The van der Waals surface area contributed by atoms with Crippen LogP contribution in [-0.4, -0.2) is 44.5 Å². The number of aliphatic hydroxyl groups excluding tert-OH is 1. The minimum atomic E-state index is -0.560. The first-order valence-electron chi connectivity index (χ1n) is 7.33. The summed E-state index contributed by atoms with van der Waals surface area (Å²) in [5.41, 5.74) is 1.63. The maximum atomic E-state index is 12.3. The highest BCUT2D eigenvalue weighted by Gasteiger charge is 2.18. The smallest absolute Gasteiger partial charge is 0.322 e. The van der Waals surface area contributed by atoms with Crippen LogP contribution in [-0.2, 0) is 0 Å². The standard InChI is InChI=1S/C16H22N4O2/c1-12(2)19(11-13(3)21)16(22)18-14-5-7-15(8-6-14)20-10-4-9-17-20/h4-10,12-13,21H,11H2,1-3H3,(H,18,22). The van der Waals surface area contributed by atoms with Gasteiger partial charge in [-0.15, -0.1) is 0 Å². The van der Waals surface area contributed by atoms with Crippen molar-refractivity contribution in [2.75, 3.05) is 11.9 Å². The number of carbonyl (C=O) groups is 1. The average Bonchev–Trinajstić information content (AvgIpc) is 2.99. The molecule has 6 heteroatoms. The van der Waals surface area contributed by atoms with Crippen molar-refractivity contribution in [2.24, 2.45) is 0 Å². The fourth-order valence-corrected chi connectivity index (χ4v) is 2.13. The van der Waals surface area contributed by atoms with Crippen LogP contribution in [0.2, 0.25) is 0 Å². The zero-order valence-electron chi connectivity index (χ0n) is 13.1. The molecule has 0 bridgehead atoms. The molecule has 0 saturated carbocycles. The average molecular weight is 302 g/mol. The minimum Gasteiger partial charge on any atom is -0.392 e. The van der Waals surface area contributed by atoms with E-state index < -0.39 is 6.10 Å². The highest BCUT2D eigenvalue weighted by Crippen LogP contribution is 2.14. The molecule has 2 amide bonds. The number of aromatic nitrogens is 2. The highest BCUT2D eigenvalue weighted by atomic mass is 16.3. The van der Waals surface area contributed by atoms with Gasteiger partial charge in [0.15, 0.2) is 0 Å². The summed E-state index contributed by atoms with van der Waals surface area (Å²) in [6.07, 6.45) is 3.01. The molecule has 1 atom stereocenters. The number of urea groups is 1. The second kappa shape index (κ2) is 7.09. The van der Waals surface area contributed by atoms with Crippen LogP contribution in [0.1, 0.15) is 20.8 Å². The van der Waals surface area contributed by atoms with Gasteiger partial charge in [0.05, 0.1) is 11.8 Å².